The average molecular weight is 583 g/mol. The molecule has 8 heteroatoms. The number of ketones is 1. The van der Waals surface area contributed by atoms with Gasteiger partial charge in [0.15, 0.2) is 5.13 Å². The molecule has 1 fully saturated rings. The Hall–Kier alpha value is -4.17. The summed E-state index contributed by atoms with van der Waals surface area (Å²) in [6.45, 7) is 10.8. The number of aromatic nitrogens is 1. The van der Waals surface area contributed by atoms with Gasteiger partial charge in [-0.05, 0) is 91.8 Å². The van der Waals surface area contributed by atoms with E-state index in [1.807, 2.05) is 63.2 Å². The number of benzene rings is 3. The fraction of sp³-hybridized carbons (Fsp3) is 0.324. The van der Waals surface area contributed by atoms with Crippen molar-refractivity contribution >= 4 is 44.1 Å². The minimum atomic E-state index is -0.885. The lowest BCUT2D eigenvalue weighted by Crippen LogP contribution is -2.29. The first kappa shape index (κ1) is 28.0. The lowest BCUT2D eigenvalue weighted by molar-refractivity contribution is -0.132. The first-order chi connectivity index (χ1) is 20.1. The van der Waals surface area contributed by atoms with Gasteiger partial charge in [-0.3, -0.25) is 14.5 Å². The van der Waals surface area contributed by atoms with Crippen molar-refractivity contribution in [3.8, 4) is 11.5 Å². The van der Waals surface area contributed by atoms with E-state index in [0.717, 1.165) is 39.1 Å². The number of ether oxygens (including phenoxy) is 2. The summed E-state index contributed by atoms with van der Waals surface area (Å²) in [5.41, 5.74) is 4.98. The Labute approximate surface area is 249 Å². The highest BCUT2D eigenvalue weighted by molar-refractivity contribution is 7.22. The van der Waals surface area contributed by atoms with Crippen molar-refractivity contribution in [1.82, 2.24) is 4.98 Å². The fourth-order valence-corrected chi connectivity index (χ4v) is 6.89. The van der Waals surface area contributed by atoms with Crippen LogP contribution < -0.4 is 14.4 Å². The Balaban J connectivity index is 1.50. The van der Waals surface area contributed by atoms with Crippen LogP contribution in [0.4, 0.5) is 5.13 Å². The van der Waals surface area contributed by atoms with Crippen molar-refractivity contribution in [2.45, 2.75) is 59.6 Å². The molecule has 3 aromatic carbocycles. The molecule has 1 aromatic heterocycles. The maximum atomic E-state index is 13.8. The van der Waals surface area contributed by atoms with E-state index in [1.54, 1.807) is 12.1 Å². The Kier molecular flexibility index (Phi) is 7.27. The molecule has 216 valence electrons. The number of carbonyl (C=O) groups is 2. The van der Waals surface area contributed by atoms with Gasteiger partial charge in [-0.1, -0.05) is 43.4 Å². The molecule has 0 saturated carbocycles. The number of aryl methyl sites for hydroxylation is 2. The summed E-state index contributed by atoms with van der Waals surface area (Å²) < 4.78 is 12.8. The fourth-order valence-electron chi connectivity index (χ4n) is 5.72. The molecule has 0 unspecified atom stereocenters. The topological polar surface area (TPSA) is 89.0 Å². The molecule has 0 radical (unpaired) electrons. The Morgan fingerprint density at radius 3 is 2.74 bits per heavy atom. The van der Waals surface area contributed by atoms with Crippen molar-refractivity contribution in [1.29, 1.82) is 0 Å². The van der Waals surface area contributed by atoms with Crippen molar-refractivity contribution in [2.75, 3.05) is 11.5 Å². The van der Waals surface area contributed by atoms with Gasteiger partial charge in [0.2, 0.25) is 0 Å². The van der Waals surface area contributed by atoms with E-state index in [0.29, 0.717) is 41.0 Å². The number of anilines is 1. The summed E-state index contributed by atoms with van der Waals surface area (Å²) in [6, 6.07) is 16.0. The predicted octanol–water partition coefficient (Wildman–Crippen LogP) is 7.29. The average Bonchev–Trinajstić information content (AvgIpc) is 3.61. The van der Waals surface area contributed by atoms with Crippen LogP contribution in [-0.2, 0) is 16.0 Å². The first-order valence-electron chi connectivity index (χ1n) is 14.3. The molecule has 1 N–H and O–H groups in total. The number of nitrogens with zero attached hydrogens (tertiary/aromatic N) is 2. The van der Waals surface area contributed by atoms with Crippen LogP contribution >= 0.6 is 11.3 Å². The highest BCUT2D eigenvalue weighted by Gasteiger charge is 2.48. The number of fused-ring (bicyclic) bond motifs is 2. The number of Topliss-reactive ketones (excluding diaryl/α,β-unsaturated/α-hetero) is 1. The standard InChI is InChI=1S/C34H34N2O5S/c1-18(2)11-12-40-25-8-6-7-22(17-25)30-28(31(37)23-9-10-26-24(16-23)15-21(5)41-26)32(38)33(39)36(30)34-35-29-20(4)13-19(3)14-27(29)42-34/h6-10,13-14,16-18,21,30,37H,11-12,15H2,1-5H3/t21-,30-/m0/s1. The van der Waals surface area contributed by atoms with Crippen molar-refractivity contribution in [2.24, 2.45) is 5.92 Å². The minimum absolute atomic E-state index is 0.0263. The summed E-state index contributed by atoms with van der Waals surface area (Å²) in [6.07, 6.45) is 1.63. The normalized spacial score (nSPS) is 19.5. The van der Waals surface area contributed by atoms with Crippen LogP contribution in [0.25, 0.3) is 16.0 Å². The van der Waals surface area contributed by atoms with Crippen LogP contribution in [0.2, 0.25) is 0 Å². The molecule has 2 atom stereocenters. The number of thiazole rings is 1. The predicted molar refractivity (Wildman–Crippen MR) is 166 cm³/mol. The molecule has 0 bridgehead atoms. The SMILES string of the molecule is Cc1cc(C)c2nc(N3C(=O)C(=O)C(=C(O)c4ccc5c(c4)C[C@H](C)O5)[C@@H]3c3cccc(OCCC(C)C)c3)sc2c1. The summed E-state index contributed by atoms with van der Waals surface area (Å²) in [4.78, 5) is 33.8. The number of aliphatic hydroxyl groups is 1. The van der Waals surface area contributed by atoms with Gasteiger partial charge >= 0.3 is 5.91 Å². The van der Waals surface area contributed by atoms with Gasteiger partial charge in [-0.25, -0.2) is 4.98 Å². The van der Waals surface area contributed by atoms with Crippen molar-refractivity contribution in [3.63, 3.8) is 0 Å². The molecule has 2 aliphatic heterocycles. The number of aliphatic hydroxyl groups excluding tert-OH is 1. The van der Waals surface area contributed by atoms with Crippen molar-refractivity contribution in [3.05, 3.63) is 88.0 Å². The third-order valence-electron chi connectivity index (χ3n) is 7.78. The van der Waals surface area contributed by atoms with E-state index >= 15 is 0 Å². The Bertz CT molecular complexity index is 1750. The lowest BCUT2D eigenvalue weighted by atomic mass is 9.94. The highest BCUT2D eigenvalue weighted by Crippen LogP contribution is 2.45. The first-order valence-corrected chi connectivity index (χ1v) is 15.1. The molecule has 1 saturated heterocycles. The highest BCUT2D eigenvalue weighted by atomic mass is 32.1. The van der Waals surface area contributed by atoms with Gasteiger partial charge in [0, 0.05) is 12.0 Å². The number of amides is 1. The van der Waals surface area contributed by atoms with Crippen LogP contribution in [0.15, 0.2) is 60.2 Å². The second-order valence-electron chi connectivity index (χ2n) is 11.7. The summed E-state index contributed by atoms with van der Waals surface area (Å²) in [5, 5.41) is 12.1. The largest absolute Gasteiger partial charge is 0.507 e. The zero-order valence-electron chi connectivity index (χ0n) is 24.4. The van der Waals surface area contributed by atoms with Crippen LogP contribution in [0, 0.1) is 19.8 Å². The molecule has 42 heavy (non-hydrogen) atoms. The van der Waals surface area contributed by atoms with Gasteiger partial charge in [0.1, 0.15) is 23.4 Å². The quantitative estimate of drug-likeness (QED) is 0.140. The minimum Gasteiger partial charge on any atom is -0.507 e. The molecule has 0 aliphatic carbocycles. The van der Waals surface area contributed by atoms with Crippen LogP contribution in [0.1, 0.15) is 61.1 Å². The smallest absolute Gasteiger partial charge is 0.301 e. The van der Waals surface area contributed by atoms with Gasteiger partial charge in [-0.2, -0.15) is 0 Å². The van der Waals surface area contributed by atoms with E-state index in [1.165, 1.54) is 16.2 Å². The van der Waals surface area contributed by atoms with E-state index in [4.69, 9.17) is 14.5 Å². The molecule has 4 aromatic rings. The maximum Gasteiger partial charge on any atom is 0.301 e. The molecule has 0 spiro atoms. The lowest BCUT2D eigenvalue weighted by Gasteiger charge is -2.23. The molecular weight excluding hydrogens is 548 g/mol. The number of hydrogen-bond donors (Lipinski definition) is 1. The van der Waals surface area contributed by atoms with E-state index in [-0.39, 0.29) is 17.4 Å². The third kappa shape index (κ3) is 5.04. The number of hydrogen-bond acceptors (Lipinski definition) is 7. The van der Waals surface area contributed by atoms with E-state index in [2.05, 4.69) is 13.8 Å². The van der Waals surface area contributed by atoms with Gasteiger partial charge in [0.05, 0.1) is 28.4 Å². The zero-order valence-corrected chi connectivity index (χ0v) is 25.2. The van der Waals surface area contributed by atoms with Gasteiger partial charge in [0.25, 0.3) is 5.78 Å². The zero-order chi connectivity index (χ0) is 29.7. The molecule has 3 heterocycles. The third-order valence-corrected chi connectivity index (χ3v) is 8.78. The van der Waals surface area contributed by atoms with E-state index < -0.39 is 17.7 Å². The van der Waals surface area contributed by atoms with Crippen LogP contribution in [-0.4, -0.2) is 34.5 Å². The van der Waals surface area contributed by atoms with Crippen LogP contribution in [0.5, 0.6) is 11.5 Å². The summed E-state index contributed by atoms with van der Waals surface area (Å²) >= 11 is 1.36. The van der Waals surface area contributed by atoms with Crippen molar-refractivity contribution < 1.29 is 24.2 Å². The summed E-state index contributed by atoms with van der Waals surface area (Å²) in [5.74, 6) is 0.204. The molecule has 6 rings (SSSR count). The number of rotatable bonds is 7. The molecule has 7 nitrogen and oxygen atoms in total. The van der Waals surface area contributed by atoms with Gasteiger partial charge < -0.3 is 14.6 Å². The maximum absolute atomic E-state index is 13.8. The Morgan fingerprint density at radius 1 is 1.14 bits per heavy atom. The molecular formula is C34H34N2O5S. The van der Waals surface area contributed by atoms with E-state index in [9.17, 15) is 14.7 Å². The second kappa shape index (κ2) is 10.9. The van der Waals surface area contributed by atoms with Crippen LogP contribution in [0.3, 0.4) is 0 Å². The van der Waals surface area contributed by atoms with Gasteiger partial charge in [-0.15, -0.1) is 0 Å². The second-order valence-corrected chi connectivity index (χ2v) is 12.7. The Morgan fingerprint density at radius 2 is 1.95 bits per heavy atom. The number of carbonyl (C=O) groups excluding carboxylic acids is 2. The monoisotopic (exact) mass is 582 g/mol. The molecule has 1 amide bonds. The molecule has 2 aliphatic rings. The summed E-state index contributed by atoms with van der Waals surface area (Å²) in [7, 11) is 0.